The summed E-state index contributed by atoms with van der Waals surface area (Å²) >= 11 is 0. The Kier molecular flexibility index (Phi) is 7.49. The molecule has 0 aliphatic carbocycles. The van der Waals surface area contributed by atoms with Crippen LogP contribution in [-0.4, -0.2) is 19.1 Å². The lowest BCUT2D eigenvalue weighted by Crippen LogP contribution is -2.33. The molecule has 0 spiro atoms. The summed E-state index contributed by atoms with van der Waals surface area (Å²) in [5.74, 6) is -0.863. The predicted molar refractivity (Wildman–Crippen MR) is 83.2 cm³/mol. The first kappa shape index (κ1) is 22.3. The molecule has 0 radical (unpaired) electrons. The number of aryl methyl sites for hydroxylation is 1. The third-order valence-electron chi connectivity index (χ3n) is 4.23. The fourth-order valence-electron chi connectivity index (χ4n) is 2.71. The molecule has 0 saturated heterocycles. The molecule has 0 aliphatic rings. The molecule has 0 aliphatic heterocycles. The highest BCUT2D eigenvalue weighted by molar-refractivity contribution is 5.75. The Morgan fingerprint density at radius 1 is 1.15 bits per heavy atom. The number of carbonyl (C=O) groups is 1. The molecule has 26 heavy (non-hydrogen) atoms. The number of nitrogens with two attached hydrogens (primary N) is 1. The van der Waals surface area contributed by atoms with E-state index in [0.29, 0.717) is 24.6 Å². The van der Waals surface area contributed by atoms with Crippen LogP contribution in [0.5, 0.6) is 0 Å². The number of carbonyl (C=O) groups excluding carboxylic acids is 1. The zero-order valence-corrected chi connectivity index (χ0v) is 14.4. The van der Waals surface area contributed by atoms with Crippen LogP contribution in [0.15, 0.2) is 18.2 Å². The number of ether oxygens (including phenoxy) is 1. The molecular formula is C17H21F6NO2. The molecular weight excluding hydrogens is 364 g/mol. The van der Waals surface area contributed by atoms with Gasteiger partial charge in [0.1, 0.15) is 6.04 Å². The van der Waals surface area contributed by atoms with Crippen molar-refractivity contribution in [2.45, 2.75) is 51.0 Å². The maximum absolute atomic E-state index is 13.1. The van der Waals surface area contributed by atoms with Crippen LogP contribution in [0.1, 0.15) is 42.9 Å². The van der Waals surface area contributed by atoms with Crippen LogP contribution in [-0.2, 0) is 28.3 Å². The summed E-state index contributed by atoms with van der Waals surface area (Å²) in [6, 6.07) is 0.500. The molecule has 1 aromatic rings. The normalized spacial score (nSPS) is 14.8. The van der Waals surface area contributed by atoms with Gasteiger partial charge in [-0.2, -0.15) is 26.3 Å². The van der Waals surface area contributed by atoms with Gasteiger partial charge in [-0.15, -0.1) is 0 Å². The molecule has 1 rings (SSSR count). The molecule has 9 heteroatoms. The second kappa shape index (κ2) is 8.75. The second-order valence-electron chi connectivity index (χ2n) is 6.05. The van der Waals surface area contributed by atoms with E-state index in [1.54, 1.807) is 6.92 Å². The van der Waals surface area contributed by atoms with Gasteiger partial charge in [0.25, 0.3) is 0 Å². The first-order valence-electron chi connectivity index (χ1n) is 8.00. The van der Waals surface area contributed by atoms with E-state index in [1.165, 1.54) is 7.11 Å². The minimum absolute atomic E-state index is 0.172. The quantitative estimate of drug-likeness (QED) is 0.552. The second-order valence-corrected chi connectivity index (χ2v) is 6.05. The average molecular weight is 385 g/mol. The van der Waals surface area contributed by atoms with Gasteiger partial charge < -0.3 is 10.5 Å². The number of methoxy groups -OCH3 is 1. The number of alkyl halides is 6. The number of esters is 1. The minimum Gasteiger partial charge on any atom is -0.468 e. The van der Waals surface area contributed by atoms with Gasteiger partial charge in [0.05, 0.1) is 18.2 Å². The van der Waals surface area contributed by atoms with E-state index in [-0.39, 0.29) is 25.2 Å². The van der Waals surface area contributed by atoms with E-state index in [2.05, 4.69) is 4.74 Å². The summed E-state index contributed by atoms with van der Waals surface area (Å²) in [6.45, 7) is 1.77. The van der Waals surface area contributed by atoms with Gasteiger partial charge in [0, 0.05) is 0 Å². The molecule has 1 aromatic carbocycles. The zero-order chi connectivity index (χ0) is 20.1. The Labute approximate surface area is 147 Å². The lowest BCUT2D eigenvalue weighted by molar-refractivity contribution is -0.142. The summed E-state index contributed by atoms with van der Waals surface area (Å²) in [5, 5.41) is 0. The van der Waals surface area contributed by atoms with Crippen LogP contribution in [0.2, 0.25) is 0 Å². The molecule has 0 saturated carbocycles. The number of halogens is 6. The maximum Gasteiger partial charge on any atom is 0.416 e. The molecule has 3 nitrogen and oxygen atoms in total. The van der Waals surface area contributed by atoms with Crippen molar-refractivity contribution in [1.82, 2.24) is 0 Å². The monoisotopic (exact) mass is 385 g/mol. The summed E-state index contributed by atoms with van der Waals surface area (Å²) in [7, 11) is 1.17. The third kappa shape index (κ3) is 6.19. The maximum atomic E-state index is 13.1. The minimum atomic E-state index is -4.75. The van der Waals surface area contributed by atoms with E-state index in [0.717, 1.165) is 0 Å². The van der Waals surface area contributed by atoms with Gasteiger partial charge in [0.2, 0.25) is 0 Å². The van der Waals surface area contributed by atoms with Crippen molar-refractivity contribution in [3.05, 3.63) is 34.9 Å². The molecule has 0 bridgehead atoms. The Hall–Kier alpha value is -1.77. The zero-order valence-electron chi connectivity index (χ0n) is 14.4. The number of benzene rings is 1. The summed E-state index contributed by atoms with van der Waals surface area (Å²) in [6.07, 6.45) is -8.80. The van der Waals surface area contributed by atoms with Crippen LogP contribution in [0.3, 0.4) is 0 Å². The highest BCUT2D eigenvalue weighted by atomic mass is 19.4. The molecule has 2 N–H and O–H groups in total. The summed E-state index contributed by atoms with van der Waals surface area (Å²) < 4.78 is 82.2. The molecule has 148 valence electrons. The largest absolute Gasteiger partial charge is 0.468 e. The molecule has 0 amide bonds. The Morgan fingerprint density at radius 2 is 1.77 bits per heavy atom. The fourth-order valence-corrected chi connectivity index (χ4v) is 2.71. The third-order valence-corrected chi connectivity index (χ3v) is 4.23. The van der Waals surface area contributed by atoms with Gasteiger partial charge in [0.15, 0.2) is 0 Å². The Morgan fingerprint density at radius 3 is 2.23 bits per heavy atom. The van der Waals surface area contributed by atoms with Crippen molar-refractivity contribution in [2.75, 3.05) is 7.11 Å². The van der Waals surface area contributed by atoms with Crippen LogP contribution < -0.4 is 5.73 Å². The van der Waals surface area contributed by atoms with Crippen LogP contribution in [0, 0.1) is 5.92 Å². The average Bonchev–Trinajstić information content (AvgIpc) is 2.55. The lowest BCUT2D eigenvalue weighted by Gasteiger charge is -2.20. The number of rotatable bonds is 7. The molecule has 2 atom stereocenters. The molecule has 2 unspecified atom stereocenters. The van der Waals surface area contributed by atoms with Crippen molar-refractivity contribution >= 4 is 5.97 Å². The summed E-state index contributed by atoms with van der Waals surface area (Å²) in [4.78, 5) is 11.4. The molecule has 0 aromatic heterocycles. The lowest BCUT2D eigenvalue weighted by atomic mass is 9.89. The van der Waals surface area contributed by atoms with E-state index in [1.807, 2.05) is 0 Å². The van der Waals surface area contributed by atoms with Crippen molar-refractivity contribution < 1.29 is 35.9 Å². The standard InChI is InChI=1S/C17H21F6NO2/c1-3-10(8-14(24)15(25)26-2)4-5-11-9-12(16(18,19)20)6-7-13(11)17(21,22)23/h6-7,9-10,14H,3-5,8,24H2,1-2H3. The highest BCUT2D eigenvalue weighted by Crippen LogP contribution is 2.37. The van der Waals surface area contributed by atoms with E-state index < -0.39 is 41.1 Å². The van der Waals surface area contributed by atoms with Gasteiger partial charge in [-0.25, -0.2) is 0 Å². The Balaban J connectivity index is 3.00. The van der Waals surface area contributed by atoms with Gasteiger partial charge in [-0.3, -0.25) is 4.79 Å². The van der Waals surface area contributed by atoms with E-state index >= 15 is 0 Å². The van der Waals surface area contributed by atoms with Crippen LogP contribution in [0.4, 0.5) is 26.3 Å². The van der Waals surface area contributed by atoms with Crippen molar-refractivity contribution in [3.8, 4) is 0 Å². The topological polar surface area (TPSA) is 52.3 Å². The predicted octanol–water partition coefficient (Wildman–Crippen LogP) is 4.57. The summed E-state index contributed by atoms with van der Waals surface area (Å²) in [5.41, 5.74) is 3.02. The number of hydrogen-bond donors (Lipinski definition) is 1. The fraction of sp³-hybridized carbons (Fsp3) is 0.588. The van der Waals surface area contributed by atoms with Crippen molar-refractivity contribution in [1.29, 1.82) is 0 Å². The Bertz CT molecular complexity index is 612. The van der Waals surface area contributed by atoms with E-state index in [4.69, 9.17) is 5.73 Å². The first-order chi connectivity index (χ1) is 11.9. The van der Waals surface area contributed by atoms with Crippen molar-refractivity contribution in [2.24, 2.45) is 11.7 Å². The molecule has 0 heterocycles. The van der Waals surface area contributed by atoms with E-state index in [9.17, 15) is 31.1 Å². The highest BCUT2D eigenvalue weighted by Gasteiger charge is 2.37. The van der Waals surface area contributed by atoms with Gasteiger partial charge >= 0.3 is 18.3 Å². The van der Waals surface area contributed by atoms with Crippen LogP contribution >= 0.6 is 0 Å². The number of hydrogen-bond acceptors (Lipinski definition) is 3. The SMILES string of the molecule is CCC(CCc1cc(C(F)(F)F)ccc1C(F)(F)F)CC(N)C(=O)OC. The molecule has 0 fully saturated rings. The van der Waals surface area contributed by atoms with Gasteiger partial charge in [-0.05, 0) is 48.9 Å². The van der Waals surface area contributed by atoms with Crippen LogP contribution in [0.25, 0.3) is 0 Å². The first-order valence-corrected chi connectivity index (χ1v) is 8.00. The van der Waals surface area contributed by atoms with Gasteiger partial charge in [-0.1, -0.05) is 13.3 Å². The van der Waals surface area contributed by atoms with Crippen molar-refractivity contribution in [3.63, 3.8) is 0 Å². The smallest absolute Gasteiger partial charge is 0.416 e.